The topological polar surface area (TPSA) is 87.4 Å². The number of ether oxygens (including phenoxy) is 1. The van der Waals surface area contributed by atoms with Gasteiger partial charge < -0.3 is 10.1 Å². The second-order valence-corrected chi connectivity index (χ2v) is 8.37. The quantitative estimate of drug-likeness (QED) is 0.689. The lowest BCUT2D eigenvalue weighted by Crippen LogP contribution is -2.50. The number of hydrogen-bond donors (Lipinski definition) is 1. The van der Waals surface area contributed by atoms with Gasteiger partial charge in [0.15, 0.2) is 0 Å². The molecule has 3 rings (SSSR count). The van der Waals surface area contributed by atoms with E-state index in [-0.39, 0.29) is 25.0 Å². The lowest BCUT2D eigenvalue weighted by molar-refractivity contribution is -0.148. The van der Waals surface area contributed by atoms with Gasteiger partial charge in [-0.2, -0.15) is 17.0 Å². The van der Waals surface area contributed by atoms with Crippen LogP contribution in [0.25, 0.3) is 5.69 Å². The zero-order chi connectivity index (χ0) is 22.5. The largest absolute Gasteiger partial charge is 0.465 e. The van der Waals surface area contributed by atoms with E-state index < -0.39 is 11.9 Å². The van der Waals surface area contributed by atoms with E-state index in [9.17, 15) is 19.2 Å². The van der Waals surface area contributed by atoms with Gasteiger partial charge in [0.05, 0.1) is 24.4 Å². The van der Waals surface area contributed by atoms with Gasteiger partial charge >= 0.3 is 5.97 Å². The number of nitrogens with one attached hydrogen (secondary N) is 1. The molecule has 0 spiro atoms. The number of esters is 1. The highest BCUT2D eigenvalue weighted by Crippen LogP contribution is 2.30. The van der Waals surface area contributed by atoms with E-state index in [0.29, 0.717) is 34.9 Å². The molecular formula is C22H25FN4O3S. The highest BCUT2D eigenvalue weighted by Gasteiger charge is 2.32. The van der Waals surface area contributed by atoms with Crippen molar-refractivity contribution in [3.8, 4) is 11.8 Å². The molecule has 7 nitrogen and oxygen atoms in total. The molecule has 164 valence electrons. The Morgan fingerprint density at radius 3 is 2.84 bits per heavy atom. The molecule has 1 amide bonds. The van der Waals surface area contributed by atoms with Crippen LogP contribution in [0.5, 0.6) is 0 Å². The third-order valence-corrected chi connectivity index (χ3v) is 6.32. The molecule has 1 atom stereocenters. The van der Waals surface area contributed by atoms with Crippen LogP contribution >= 0.6 is 11.8 Å². The van der Waals surface area contributed by atoms with Crippen LogP contribution in [0.2, 0.25) is 0 Å². The average Bonchev–Trinajstić information content (AvgIpc) is 2.97. The van der Waals surface area contributed by atoms with Crippen molar-refractivity contribution in [2.24, 2.45) is 0 Å². The number of benzene rings is 1. The third kappa shape index (κ3) is 4.92. The summed E-state index contributed by atoms with van der Waals surface area (Å²) in [7, 11) is 0. The van der Waals surface area contributed by atoms with Crippen molar-refractivity contribution in [3.63, 3.8) is 0 Å². The summed E-state index contributed by atoms with van der Waals surface area (Å²) in [6.45, 7) is 6.20. The molecule has 1 aliphatic rings. The molecule has 0 unspecified atom stereocenters. The summed E-state index contributed by atoms with van der Waals surface area (Å²) in [5.41, 5.74) is 2.28. The molecule has 1 aromatic heterocycles. The molecule has 9 heteroatoms. The molecule has 0 radical (unpaired) electrons. The Morgan fingerprint density at radius 2 is 2.16 bits per heavy atom. The number of anilines is 1. The summed E-state index contributed by atoms with van der Waals surface area (Å²) in [5.74, 6) is 0.565. The van der Waals surface area contributed by atoms with Crippen LogP contribution in [0.4, 0.5) is 10.2 Å². The second kappa shape index (κ2) is 9.98. The van der Waals surface area contributed by atoms with Gasteiger partial charge in [0.1, 0.15) is 23.7 Å². The highest BCUT2D eigenvalue weighted by atomic mass is 32.2. The van der Waals surface area contributed by atoms with Crippen LogP contribution in [0.1, 0.15) is 23.7 Å². The summed E-state index contributed by atoms with van der Waals surface area (Å²) in [5, 5.41) is 12.5. The molecule has 0 saturated carbocycles. The molecule has 1 aromatic carbocycles. The summed E-state index contributed by atoms with van der Waals surface area (Å²) < 4.78 is 20.7. The van der Waals surface area contributed by atoms with Gasteiger partial charge in [0.25, 0.3) is 0 Å². The predicted octanol–water partition coefficient (Wildman–Crippen LogP) is 3.02. The first-order valence-corrected chi connectivity index (χ1v) is 11.2. The number of amides is 1. The van der Waals surface area contributed by atoms with Gasteiger partial charge in [-0.15, -0.1) is 0 Å². The SMILES string of the molecule is CCOC(=O)[C@H]1CSCCN1CC(=O)Nc1c(C#N)c(C)c(C)n1-c1cccc(F)c1. The van der Waals surface area contributed by atoms with Gasteiger partial charge in [0.2, 0.25) is 5.91 Å². The van der Waals surface area contributed by atoms with E-state index in [0.717, 1.165) is 11.4 Å². The number of carbonyl (C=O) groups excluding carboxylic acids is 2. The Bertz CT molecular complexity index is 1030. The van der Waals surface area contributed by atoms with Crippen LogP contribution in [0.3, 0.4) is 0 Å². The normalized spacial score (nSPS) is 16.5. The number of hydrogen-bond acceptors (Lipinski definition) is 6. The fraction of sp³-hybridized carbons (Fsp3) is 0.409. The van der Waals surface area contributed by atoms with Crippen LogP contribution in [0.15, 0.2) is 24.3 Å². The molecule has 1 aliphatic heterocycles. The predicted molar refractivity (Wildman–Crippen MR) is 118 cm³/mol. The number of nitrogens with zero attached hydrogens (tertiary/aromatic N) is 3. The van der Waals surface area contributed by atoms with Crippen molar-refractivity contribution in [1.82, 2.24) is 9.47 Å². The molecule has 2 aromatic rings. The van der Waals surface area contributed by atoms with Gasteiger partial charge in [-0.1, -0.05) is 6.07 Å². The standard InChI is InChI=1S/C22H25FN4O3S/c1-4-30-22(29)19-13-31-9-8-26(19)12-20(28)25-21-18(11-24)14(2)15(3)27(21)17-7-5-6-16(23)10-17/h5-7,10,19H,4,8-9,12-13H2,1-3H3,(H,25,28)/t19-/m1/s1. The van der Waals surface area contributed by atoms with Crippen molar-refractivity contribution < 1.29 is 18.7 Å². The zero-order valence-corrected chi connectivity index (χ0v) is 18.6. The van der Waals surface area contributed by atoms with E-state index in [2.05, 4.69) is 11.4 Å². The Kier molecular flexibility index (Phi) is 7.36. The number of nitriles is 1. The Hall–Kier alpha value is -2.83. The number of carbonyl (C=O) groups is 2. The van der Waals surface area contributed by atoms with Crippen LogP contribution in [-0.4, -0.2) is 58.6 Å². The number of aromatic nitrogens is 1. The van der Waals surface area contributed by atoms with Gasteiger partial charge in [0, 0.05) is 23.7 Å². The summed E-state index contributed by atoms with van der Waals surface area (Å²) in [4.78, 5) is 27.0. The maximum atomic E-state index is 13.8. The second-order valence-electron chi connectivity index (χ2n) is 7.22. The molecule has 1 fully saturated rings. The van der Waals surface area contributed by atoms with Crippen molar-refractivity contribution in [2.75, 3.05) is 36.5 Å². The number of halogens is 1. The smallest absolute Gasteiger partial charge is 0.324 e. The summed E-state index contributed by atoms with van der Waals surface area (Å²) in [6.07, 6.45) is 0. The third-order valence-electron chi connectivity index (χ3n) is 5.29. The van der Waals surface area contributed by atoms with Crippen molar-refractivity contribution in [1.29, 1.82) is 5.26 Å². The fourth-order valence-electron chi connectivity index (χ4n) is 3.64. The molecular weight excluding hydrogens is 419 g/mol. The maximum absolute atomic E-state index is 13.8. The minimum absolute atomic E-state index is 0.0126. The van der Waals surface area contributed by atoms with Crippen LogP contribution in [-0.2, 0) is 14.3 Å². The molecule has 0 bridgehead atoms. The highest BCUT2D eigenvalue weighted by molar-refractivity contribution is 7.99. The van der Waals surface area contributed by atoms with E-state index in [4.69, 9.17) is 4.74 Å². The maximum Gasteiger partial charge on any atom is 0.324 e. The number of rotatable bonds is 6. The minimum atomic E-state index is -0.488. The zero-order valence-electron chi connectivity index (χ0n) is 17.8. The van der Waals surface area contributed by atoms with E-state index in [1.807, 2.05) is 6.92 Å². The lowest BCUT2D eigenvalue weighted by atomic mass is 10.2. The number of thioether (sulfide) groups is 1. The summed E-state index contributed by atoms with van der Waals surface area (Å²) >= 11 is 1.65. The van der Waals surface area contributed by atoms with Crippen molar-refractivity contribution in [2.45, 2.75) is 26.8 Å². The molecule has 31 heavy (non-hydrogen) atoms. The van der Waals surface area contributed by atoms with E-state index in [1.54, 1.807) is 47.2 Å². The van der Waals surface area contributed by atoms with Gasteiger partial charge in [-0.3, -0.25) is 19.1 Å². The first-order chi connectivity index (χ1) is 14.9. The monoisotopic (exact) mass is 444 g/mol. The minimum Gasteiger partial charge on any atom is -0.465 e. The molecule has 1 N–H and O–H groups in total. The van der Waals surface area contributed by atoms with Gasteiger partial charge in [-0.25, -0.2) is 4.39 Å². The Balaban J connectivity index is 1.88. The Morgan fingerprint density at radius 1 is 1.39 bits per heavy atom. The van der Waals surface area contributed by atoms with Crippen LogP contribution in [0, 0.1) is 31.0 Å². The first kappa shape index (κ1) is 22.8. The fourth-order valence-corrected chi connectivity index (χ4v) is 4.74. The van der Waals surface area contributed by atoms with Crippen molar-refractivity contribution >= 4 is 29.5 Å². The lowest BCUT2D eigenvalue weighted by Gasteiger charge is -2.32. The average molecular weight is 445 g/mol. The molecule has 0 aliphatic carbocycles. The van der Waals surface area contributed by atoms with E-state index >= 15 is 0 Å². The van der Waals surface area contributed by atoms with Gasteiger partial charge in [-0.05, 0) is 44.5 Å². The molecule has 1 saturated heterocycles. The van der Waals surface area contributed by atoms with Crippen LogP contribution < -0.4 is 5.32 Å². The Labute approximate surface area is 185 Å². The van der Waals surface area contributed by atoms with E-state index in [1.165, 1.54) is 12.1 Å². The molecule has 2 heterocycles. The van der Waals surface area contributed by atoms with Crippen molar-refractivity contribution in [3.05, 3.63) is 46.9 Å². The summed E-state index contributed by atoms with van der Waals surface area (Å²) in [6, 6.07) is 7.63. The first-order valence-electron chi connectivity index (χ1n) is 10.0.